The van der Waals surface area contributed by atoms with Gasteiger partial charge in [-0.1, -0.05) is 0 Å². The van der Waals surface area contributed by atoms with Crippen LogP contribution in [0.1, 0.15) is 11.4 Å². The summed E-state index contributed by atoms with van der Waals surface area (Å²) < 4.78 is 37.2. The Morgan fingerprint density at radius 2 is 2.06 bits per heavy atom. The fraction of sp³-hybridized carbons (Fsp3) is 0.222. The number of halogens is 3. The first kappa shape index (κ1) is 11.4. The van der Waals surface area contributed by atoms with Crippen LogP contribution in [0.3, 0.4) is 0 Å². The van der Waals surface area contributed by atoms with Crippen LogP contribution in [-0.2, 0) is 6.18 Å². The molecule has 0 amide bonds. The molecule has 0 radical (unpaired) electrons. The minimum absolute atomic E-state index is 0.0356. The molecule has 0 fully saturated rings. The third kappa shape index (κ3) is 1.81. The number of nitro benzene ring substituents is 1. The summed E-state index contributed by atoms with van der Waals surface area (Å²) in [6.07, 6.45) is -4.60. The summed E-state index contributed by atoms with van der Waals surface area (Å²) in [6, 6.07) is 2.36. The third-order valence-corrected chi connectivity index (χ3v) is 2.34. The number of nitro groups is 1. The Hall–Kier alpha value is -2.12. The minimum atomic E-state index is -4.60. The minimum Gasteiger partial charge on any atom is -0.334 e. The molecule has 0 saturated carbocycles. The third-order valence-electron chi connectivity index (χ3n) is 2.34. The van der Waals surface area contributed by atoms with Crippen molar-refractivity contribution in [3.05, 3.63) is 33.6 Å². The average molecular weight is 245 g/mol. The molecule has 1 aromatic heterocycles. The largest absolute Gasteiger partial charge is 0.449 e. The number of rotatable bonds is 1. The Morgan fingerprint density at radius 1 is 1.41 bits per heavy atom. The predicted octanol–water partition coefficient (Wildman–Crippen LogP) is 2.80. The summed E-state index contributed by atoms with van der Waals surface area (Å²) in [5.74, 6) is -1.16. The second kappa shape index (κ2) is 3.44. The molecule has 5 nitrogen and oxygen atoms in total. The lowest BCUT2D eigenvalue weighted by molar-refractivity contribution is -0.385. The van der Waals surface area contributed by atoms with Gasteiger partial charge in [-0.2, -0.15) is 13.2 Å². The van der Waals surface area contributed by atoms with Gasteiger partial charge in [0.25, 0.3) is 5.69 Å². The molecule has 0 aliphatic rings. The van der Waals surface area contributed by atoms with Crippen molar-refractivity contribution in [2.75, 3.05) is 0 Å². The maximum atomic E-state index is 12.4. The van der Waals surface area contributed by atoms with Crippen LogP contribution in [0.15, 0.2) is 12.1 Å². The highest BCUT2D eigenvalue weighted by Crippen LogP contribution is 2.31. The highest BCUT2D eigenvalue weighted by molar-refractivity contribution is 5.82. The Labute approximate surface area is 92.4 Å². The van der Waals surface area contributed by atoms with E-state index in [1.807, 2.05) is 0 Å². The molecule has 2 rings (SSSR count). The molecule has 0 bridgehead atoms. The van der Waals surface area contributed by atoms with E-state index in [1.54, 1.807) is 0 Å². The van der Waals surface area contributed by atoms with Crippen molar-refractivity contribution < 1.29 is 18.1 Å². The molecule has 17 heavy (non-hydrogen) atoms. The van der Waals surface area contributed by atoms with Crippen molar-refractivity contribution in [1.29, 1.82) is 0 Å². The number of aromatic amines is 1. The van der Waals surface area contributed by atoms with Crippen LogP contribution in [0.25, 0.3) is 11.0 Å². The summed E-state index contributed by atoms with van der Waals surface area (Å²) in [5.41, 5.74) is -0.0519. The van der Waals surface area contributed by atoms with Gasteiger partial charge in [0, 0.05) is 6.07 Å². The number of alkyl halides is 3. The van der Waals surface area contributed by atoms with Crippen molar-refractivity contribution in [3.8, 4) is 0 Å². The number of nitrogens with one attached hydrogen (secondary N) is 1. The smallest absolute Gasteiger partial charge is 0.334 e. The quantitative estimate of drug-likeness (QED) is 0.620. The van der Waals surface area contributed by atoms with Crippen LogP contribution in [0, 0.1) is 17.0 Å². The highest BCUT2D eigenvalue weighted by atomic mass is 19.4. The van der Waals surface area contributed by atoms with E-state index < -0.39 is 16.9 Å². The van der Waals surface area contributed by atoms with Gasteiger partial charge in [0.1, 0.15) is 0 Å². The van der Waals surface area contributed by atoms with Gasteiger partial charge in [-0.05, 0) is 13.0 Å². The molecule has 0 spiro atoms. The van der Waals surface area contributed by atoms with E-state index in [0.29, 0.717) is 0 Å². The zero-order valence-corrected chi connectivity index (χ0v) is 8.50. The normalized spacial score (nSPS) is 12.0. The molecule has 0 unspecified atom stereocenters. The van der Waals surface area contributed by atoms with Crippen molar-refractivity contribution in [3.63, 3.8) is 0 Å². The Morgan fingerprint density at radius 3 is 2.59 bits per heavy atom. The van der Waals surface area contributed by atoms with Crippen LogP contribution < -0.4 is 0 Å². The molecular formula is C9H6F3N3O2. The van der Waals surface area contributed by atoms with Gasteiger partial charge in [0.05, 0.1) is 21.5 Å². The summed E-state index contributed by atoms with van der Waals surface area (Å²) in [5, 5.41) is 10.6. The second-order valence-corrected chi connectivity index (χ2v) is 3.45. The van der Waals surface area contributed by atoms with Crippen molar-refractivity contribution in [2.45, 2.75) is 13.1 Å². The first-order valence-corrected chi connectivity index (χ1v) is 4.51. The molecule has 1 N–H and O–H groups in total. The van der Waals surface area contributed by atoms with Gasteiger partial charge in [0.15, 0.2) is 0 Å². The van der Waals surface area contributed by atoms with E-state index in [2.05, 4.69) is 9.97 Å². The molecule has 1 aromatic carbocycles. The summed E-state index contributed by atoms with van der Waals surface area (Å²) in [7, 11) is 0. The van der Waals surface area contributed by atoms with Gasteiger partial charge in [0.2, 0.25) is 5.82 Å². The number of fused-ring (bicyclic) bond motifs is 1. The van der Waals surface area contributed by atoms with Gasteiger partial charge in [-0.3, -0.25) is 10.1 Å². The lowest BCUT2D eigenvalue weighted by Crippen LogP contribution is -2.06. The van der Waals surface area contributed by atoms with E-state index in [9.17, 15) is 23.3 Å². The summed E-state index contributed by atoms with van der Waals surface area (Å²) in [4.78, 5) is 15.4. The maximum Gasteiger partial charge on any atom is 0.449 e. The lowest BCUT2D eigenvalue weighted by Gasteiger charge is -1.99. The molecule has 1 heterocycles. The molecule has 0 aliphatic carbocycles. The van der Waals surface area contributed by atoms with Gasteiger partial charge >= 0.3 is 6.18 Å². The number of nitrogens with zero attached hydrogens (tertiary/aromatic N) is 2. The van der Waals surface area contributed by atoms with Crippen molar-refractivity contribution in [2.24, 2.45) is 0 Å². The van der Waals surface area contributed by atoms with E-state index in [-0.39, 0.29) is 22.3 Å². The number of benzene rings is 1. The molecular weight excluding hydrogens is 239 g/mol. The zero-order valence-electron chi connectivity index (χ0n) is 8.50. The topological polar surface area (TPSA) is 71.8 Å². The van der Waals surface area contributed by atoms with Crippen LogP contribution in [-0.4, -0.2) is 14.9 Å². The first-order chi connectivity index (χ1) is 7.80. The lowest BCUT2D eigenvalue weighted by atomic mass is 10.1. The summed E-state index contributed by atoms with van der Waals surface area (Å²) in [6.45, 7) is 1.36. The van der Waals surface area contributed by atoms with E-state index >= 15 is 0 Å². The number of hydrogen-bond acceptors (Lipinski definition) is 3. The van der Waals surface area contributed by atoms with E-state index in [1.165, 1.54) is 13.0 Å². The predicted molar refractivity (Wildman–Crippen MR) is 52.5 cm³/mol. The highest BCUT2D eigenvalue weighted by Gasteiger charge is 2.35. The van der Waals surface area contributed by atoms with Crippen LogP contribution in [0.4, 0.5) is 18.9 Å². The maximum absolute atomic E-state index is 12.4. The molecule has 90 valence electrons. The molecule has 0 saturated heterocycles. The number of H-pyrrole nitrogens is 1. The SMILES string of the molecule is Cc1c([N+](=O)[O-])ccc2[nH]c(C(F)(F)F)nc12. The fourth-order valence-electron chi connectivity index (χ4n) is 1.53. The Bertz CT molecular complexity index is 603. The number of aryl methyl sites for hydroxylation is 1. The molecule has 0 atom stereocenters. The van der Waals surface area contributed by atoms with Crippen molar-refractivity contribution >= 4 is 16.7 Å². The molecule has 2 aromatic rings. The van der Waals surface area contributed by atoms with E-state index in [4.69, 9.17) is 0 Å². The fourth-order valence-corrected chi connectivity index (χ4v) is 1.53. The van der Waals surface area contributed by atoms with Gasteiger partial charge < -0.3 is 4.98 Å². The number of aromatic nitrogens is 2. The van der Waals surface area contributed by atoms with Crippen LogP contribution >= 0.6 is 0 Å². The summed E-state index contributed by atoms with van der Waals surface area (Å²) >= 11 is 0. The number of hydrogen-bond donors (Lipinski definition) is 1. The Balaban J connectivity index is 2.70. The zero-order chi connectivity index (χ0) is 12.8. The molecule has 8 heteroatoms. The monoisotopic (exact) mass is 245 g/mol. The molecule has 0 aliphatic heterocycles. The van der Waals surface area contributed by atoms with Crippen LogP contribution in [0.2, 0.25) is 0 Å². The van der Waals surface area contributed by atoms with Crippen LogP contribution in [0.5, 0.6) is 0 Å². The standard InChI is InChI=1S/C9H6F3N3O2/c1-4-6(15(16)17)3-2-5-7(4)14-8(13-5)9(10,11)12/h2-3H,1H3,(H,13,14). The second-order valence-electron chi connectivity index (χ2n) is 3.45. The Kier molecular flexibility index (Phi) is 2.30. The van der Waals surface area contributed by atoms with Gasteiger partial charge in [-0.15, -0.1) is 0 Å². The number of imidazole rings is 1. The van der Waals surface area contributed by atoms with E-state index in [0.717, 1.165) is 6.07 Å². The first-order valence-electron chi connectivity index (χ1n) is 4.51. The van der Waals surface area contributed by atoms with Crippen molar-refractivity contribution in [1.82, 2.24) is 9.97 Å². The average Bonchev–Trinajstić information content (AvgIpc) is 2.61. The van der Waals surface area contributed by atoms with Gasteiger partial charge in [-0.25, -0.2) is 4.98 Å².